The lowest BCUT2D eigenvalue weighted by molar-refractivity contribution is 0.317. The Morgan fingerprint density at radius 2 is 2.19 bits per heavy atom. The summed E-state index contributed by atoms with van der Waals surface area (Å²) in [6, 6.07) is 8.23. The second-order valence-electron chi connectivity index (χ2n) is 4.68. The van der Waals surface area contributed by atoms with Gasteiger partial charge >= 0.3 is 0 Å². The lowest BCUT2D eigenvalue weighted by Crippen LogP contribution is -2.37. The van der Waals surface area contributed by atoms with Crippen LogP contribution in [-0.4, -0.2) is 32.2 Å². The average Bonchev–Trinajstić information content (AvgIpc) is 2.51. The Balaban J connectivity index is 2.50. The molecule has 0 aliphatic carbocycles. The molecule has 0 bridgehead atoms. The molecular weight excluding hydrogens is 262 g/mol. The van der Waals surface area contributed by atoms with Gasteiger partial charge in [-0.25, -0.2) is 0 Å². The highest BCUT2D eigenvalue weighted by Crippen LogP contribution is 2.14. The number of hydrogen-bond acceptors (Lipinski definition) is 2. The van der Waals surface area contributed by atoms with Crippen LogP contribution in [0.3, 0.4) is 0 Å². The molecule has 1 aromatic carbocycles. The summed E-state index contributed by atoms with van der Waals surface area (Å²) in [5, 5.41) is 6.40. The number of nitrogens with zero attached hydrogens (tertiary/aromatic N) is 1. The van der Waals surface area contributed by atoms with Crippen molar-refractivity contribution >= 4 is 5.96 Å². The van der Waals surface area contributed by atoms with Crippen LogP contribution in [0.5, 0.6) is 5.75 Å². The molecule has 21 heavy (non-hydrogen) atoms. The molecule has 116 valence electrons. The van der Waals surface area contributed by atoms with Gasteiger partial charge in [0.1, 0.15) is 5.75 Å². The van der Waals surface area contributed by atoms with E-state index in [9.17, 15) is 0 Å². The summed E-state index contributed by atoms with van der Waals surface area (Å²) < 4.78 is 5.64. The Hall–Kier alpha value is -1.97. The molecule has 4 nitrogen and oxygen atoms in total. The van der Waals surface area contributed by atoms with Crippen LogP contribution in [0.1, 0.15) is 25.8 Å². The molecule has 2 N–H and O–H groups in total. The van der Waals surface area contributed by atoms with Gasteiger partial charge in [-0.2, -0.15) is 0 Å². The summed E-state index contributed by atoms with van der Waals surface area (Å²) in [7, 11) is 0. The average molecular weight is 289 g/mol. The predicted molar refractivity (Wildman–Crippen MR) is 90.1 cm³/mol. The minimum Gasteiger partial charge on any atom is -0.494 e. The lowest BCUT2D eigenvalue weighted by atomic mass is 10.1. The molecule has 0 saturated heterocycles. The highest BCUT2D eigenvalue weighted by molar-refractivity contribution is 5.79. The molecule has 0 heterocycles. The van der Waals surface area contributed by atoms with E-state index >= 15 is 0 Å². The van der Waals surface area contributed by atoms with Crippen LogP contribution in [0.2, 0.25) is 0 Å². The van der Waals surface area contributed by atoms with E-state index in [1.54, 1.807) is 0 Å². The summed E-state index contributed by atoms with van der Waals surface area (Å²) in [5.41, 5.74) is 1.24. The van der Waals surface area contributed by atoms with Crippen molar-refractivity contribution in [2.24, 2.45) is 4.99 Å². The number of nitrogens with one attached hydrogen (secondary N) is 2. The van der Waals surface area contributed by atoms with Crippen LogP contribution in [-0.2, 0) is 6.42 Å². The van der Waals surface area contributed by atoms with Crippen molar-refractivity contribution in [3.8, 4) is 5.75 Å². The van der Waals surface area contributed by atoms with E-state index in [2.05, 4.69) is 48.2 Å². The molecular formula is C17H27N3O. The summed E-state index contributed by atoms with van der Waals surface area (Å²) in [6.45, 7) is 10.9. The standard InChI is InChI=1S/C17H27N3O/c1-4-11-19-17(18-6-3)20-12-10-15-8-7-9-16(14-15)21-13-5-2/h4,7-9,14H,1,5-6,10-13H2,2-3H3,(H2,18,19,20). The third kappa shape index (κ3) is 7.40. The van der Waals surface area contributed by atoms with Gasteiger partial charge in [-0.15, -0.1) is 6.58 Å². The van der Waals surface area contributed by atoms with Crippen molar-refractivity contribution in [2.45, 2.75) is 26.7 Å². The maximum absolute atomic E-state index is 5.64. The van der Waals surface area contributed by atoms with E-state index in [-0.39, 0.29) is 0 Å². The van der Waals surface area contributed by atoms with E-state index in [0.717, 1.165) is 44.2 Å². The molecule has 0 spiro atoms. The second kappa shape index (κ2) is 10.8. The van der Waals surface area contributed by atoms with Gasteiger partial charge in [-0.3, -0.25) is 4.99 Å². The zero-order valence-electron chi connectivity index (χ0n) is 13.2. The Morgan fingerprint density at radius 1 is 1.33 bits per heavy atom. The van der Waals surface area contributed by atoms with Crippen molar-refractivity contribution in [1.82, 2.24) is 10.6 Å². The molecule has 0 saturated carbocycles. The largest absolute Gasteiger partial charge is 0.494 e. The third-order valence-electron chi connectivity index (χ3n) is 2.80. The topological polar surface area (TPSA) is 45.7 Å². The quantitative estimate of drug-likeness (QED) is 0.417. The van der Waals surface area contributed by atoms with Crippen molar-refractivity contribution in [2.75, 3.05) is 26.2 Å². The monoisotopic (exact) mass is 289 g/mol. The van der Waals surface area contributed by atoms with Gasteiger partial charge in [-0.1, -0.05) is 25.1 Å². The molecule has 0 aliphatic rings. The highest BCUT2D eigenvalue weighted by atomic mass is 16.5. The van der Waals surface area contributed by atoms with E-state index in [4.69, 9.17) is 4.74 Å². The Bertz CT molecular complexity index is 443. The number of ether oxygens (including phenoxy) is 1. The van der Waals surface area contributed by atoms with Gasteiger partial charge in [0.05, 0.1) is 6.61 Å². The number of benzene rings is 1. The van der Waals surface area contributed by atoms with Crippen LogP contribution in [0.4, 0.5) is 0 Å². The molecule has 0 fully saturated rings. The summed E-state index contributed by atoms with van der Waals surface area (Å²) in [6.07, 6.45) is 3.74. The van der Waals surface area contributed by atoms with E-state index in [1.807, 2.05) is 18.2 Å². The fourth-order valence-electron chi connectivity index (χ4n) is 1.82. The summed E-state index contributed by atoms with van der Waals surface area (Å²) >= 11 is 0. The predicted octanol–water partition coefficient (Wildman–Crippen LogP) is 2.76. The van der Waals surface area contributed by atoms with Crippen LogP contribution >= 0.6 is 0 Å². The molecule has 0 amide bonds. The molecule has 1 rings (SSSR count). The highest BCUT2D eigenvalue weighted by Gasteiger charge is 1.98. The first kappa shape index (κ1) is 17.1. The van der Waals surface area contributed by atoms with E-state index in [0.29, 0.717) is 6.54 Å². The van der Waals surface area contributed by atoms with Gasteiger partial charge < -0.3 is 15.4 Å². The smallest absolute Gasteiger partial charge is 0.191 e. The SMILES string of the molecule is C=CCNC(=NCCc1cccc(OCCC)c1)NCC. The fourth-order valence-corrected chi connectivity index (χ4v) is 1.82. The molecule has 0 unspecified atom stereocenters. The van der Waals surface area contributed by atoms with Crippen molar-refractivity contribution in [3.63, 3.8) is 0 Å². The Kier molecular flexibility index (Phi) is 8.76. The Labute approximate surface area is 128 Å². The normalized spacial score (nSPS) is 11.0. The van der Waals surface area contributed by atoms with Crippen LogP contribution in [0.25, 0.3) is 0 Å². The molecule has 4 heteroatoms. The van der Waals surface area contributed by atoms with E-state index in [1.165, 1.54) is 5.56 Å². The van der Waals surface area contributed by atoms with Gasteiger partial charge in [0.2, 0.25) is 0 Å². The summed E-state index contributed by atoms with van der Waals surface area (Å²) in [4.78, 5) is 4.54. The van der Waals surface area contributed by atoms with E-state index < -0.39 is 0 Å². The zero-order chi connectivity index (χ0) is 15.3. The zero-order valence-corrected chi connectivity index (χ0v) is 13.2. The number of guanidine groups is 1. The van der Waals surface area contributed by atoms with Gasteiger partial charge in [0, 0.05) is 19.6 Å². The van der Waals surface area contributed by atoms with Crippen molar-refractivity contribution in [3.05, 3.63) is 42.5 Å². The molecule has 0 atom stereocenters. The minimum atomic E-state index is 0.714. The van der Waals surface area contributed by atoms with Gasteiger partial charge in [0.25, 0.3) is 0 Å². The third-order valence-corrected chi connectivity index (χ3v) is 2.80. The minimum absolute atomic E-state index is 0.714. The van der Waals surface area contributed by atoms with Crippen molar-refractivity contribution in [1.29, 1.82) is 0 Å². The maximum Gasteiger partial charge on any atom is 0.191 e. The number of hydrogen-bond donors (Lipinski definition) is 2. The molecule has 0 radical (unpaired) electrons. The Morgan fingerprint density at radius 3 is 2.90 bits per heavy atom. The maximum atomic E-state index is 5.64. The summed E-state index contributed by atoms with van der Waals surface area (Å²) in [5.74, 6) is 1.77. The first-order chi connectivity index (χ1) is 10.3. The van der Waals surface area contributed by atoms with Crippen LogP contribution in [0.15, 0.2) is 41.9 Å². The van der Waals surface area contributed by atoms with Gasteiger partial charge in [0.15, 0.2) is 5.96 Å². The van der Waals surface area contributed by atoms with Gasteiger partial charge in [-0.05, 0) is 37.5 Å². The molecule has 0 aromatic heterocycles. The van der Waals surface area contributed by atoms with Crippen LogP contribution < -0.4 is 15.4 Å². The first-order valence-electron chi connectivity index (χ1n) is 7.65. The fraction of sp³-hybridized carbons (Fsp3) is 0.471. The van der Waals surface area contributed by atoms with Crippen molar-refractivity contribution < 1.29 is 4.74 Å². The number of rotatable bonds is 9. The number of aliphatic imine (C=N–C) groups is 1. The van der Waals surface area contributed by atoms with Crippen LogP contribution in [0, 0.1) is 0 Å². The second-order valence-corrected chi connectivity index (χ2v) is 4.68. The lowest BCUT2D eigenvalue weighted by Gasteiger charge is -2.09. The molecule has 1 aromatic rings. The first-order valence-corrected chi connectivity index (χ1v) is 7.65. The molecule has 0 aliphatic heterocycles.